The van der Waals surface area contributed by atoms with E-state index in [1.54, 1.807) is 6.07 Å². The molecule has 0 amide bonds. The second-order valence-electron chi connectivity index (χ2n) is 5.66. The van der Waals surface area contributed by atoms with Gasteiger partial charge in [0, 0.05) is 17.0 Å². The van der Waals surface area contributed by atoms with Gasteiger partial charge in [-0.2, -0.15) is 0 Å². The van der Waals surface area contributed by atoms with Crippen LogP contribution in [-0.4, -0.2) is 22.2 Å². The van der Waals surface area contributed by atoms with Gasteiger partial charge in [-0.1, -0.05) is 38.1 Å². The minimum absolute atomic E-state index is 0.0240. The predicted octanol–water partition coefficient (Wildman–Crippen LogP) is 4.79. The van der Waals surface area contributed by atoms with Crippen LogP contribution in [0.3, 0.4) is 0 Å². The molecule has 3 rings (SSSR count). The highest BCUT2D eigenvalue weighted by Gasteiger charge is 2.13. The normalized spacial score (nSPS) is 11.2. The molecule has 0 radical (unpaired) electrons. The maximum atomic E-state index is 9.93. The Bertz CT molecular complexity index is 861. The summed E-state index contributed by atoms with van der Waals surface area (Å²) in [5.74, 6) is 0.867. The number of nitrogens with zero attached hydrogens (tertiary/aromatic N) is 2. The van der Waals surface area contributed by atoms with Gasteiger partial charge in [0.1, 0.15) is 0 Å². The Hall–Kier alpha value is -2.33. The lowest BCUT2D eigenvalue weighted by Crippen LogP contribution is -1.94. The molecule has 1 heterocycles. The maximum absolute atomic E-state index is 9.93. The fraction of sp³-hybridized carbons (Fsp3) is 0.222. The first-order valence-electron chi connectivity index (χ1n) is 7.34. The van der Waals surface area contributed by atoms with Gasteiger partial charge in [-0.15, -0.1) is 0 Å². The number of phenolic OH excluding ortho intramolecular Hbond substituents is 1. The molecule has 23 heavy (non-hydrogen) atoms. The molecule has 3 aromatic rings. The van der Waals surface area contributed by atoms with Crippen LogP contribution in [0.2, 0.25) is 5.28 Å². The summed E-state index contributed by atoms with van der Waals surface area (Å²) in [5, 5.41) is 10.9. The van der Waals surface area contributed by atoms with Crippen LogP contribution in [0.15, 0.2) is 36.4 Å². The monoisotopic (exact) mass is 328 g/mol. The summed E-state index contributed by atoms with van der Waals surface area (Å²) in [6.45, 7) is 4.30. The summed E-state index contributed by atoms with van der Waals surface area (Å²) in [7, 11) is 1.51. The molecule has 1 aromatic heterocycles. The molecule has 0 aliphatic carbocycles. The van der Waals surface area contributed by atoms with E-state index < -0.39 is 0 Å². The second kappa shape index (κ2) is 6.05. The van der Waals surface area contributed by atoms with E-state index in [1.165, 1.54) is 18.7 Å². The van der Waals surface area contributed by atoms with Gasteiger partial charge in [0.25, 0.3) is 0 Å². The molecule has 0 saturated carbocycles. The Morgan fingerprint density at radius 3 is 2.39 bits per heavy atom. The summed E-state index contributed by atoms with van der Waals surface area (Å²) in [6, 6.07) is 11.5. The van der Waals surface area contributed by atoms with Gasteiger partial charge in [-0.25, -0.2) is 9.97 Å². The number of phenols is 1. The zero-order valence-electron chi connectivity index (χ0n) is 13.2. The number of hydrogen-bond acceptors (Lipinski definition) is 4. The van der Waals surface area contributed by atoms with Crippen molar-refractivity contribution in [3.8, 4) is 22.8 Å². The molecule has 0 saturated heterocycles. The lowest BCUT2D eigenvalue weighted by atomic mass is 9.99. The van der Waals surface area contributed by atoms with E-state index in [0.717, 1.165) is 10.9 Å². The van der Waals surface area contributed by atoms with Crippen LogP contribution < -0.4 is 4.74 Å². The van der Waals surface area contributed by atoms with E-state index in [9.17, 15) is 5.11 Å². The summed E-state index contributed by atoms with van der Waals surface area (Å²) < 4.78 is 5.19. The Balaban J connectivity index is 2.23. The summed E-state index contributed by atoms with van der Waals surface area (Å²) in [4.78, 5) is 8.55. The lowest BCUT2D eigenvalue weighted by Gasteiger charge is -2.11. The van der Waals surface area contributed by atoms with Gasteiger partial charge in [0.15, 0.2) is 11.5 Å². The van der Waals surface area contributed by atoms with Crippen LogP contribution in [0.4, 0.5) is 0 Å². The first-order chi connectivity index (χ1) is 11.0. The SMILES string of the molecule is COc1cc2c(-c3ccc(C(C)C)cc3)nc(Cl)nc2cc1O. The van der Waals surface area contributed by atoms with Crippen LogP contribution in [0.1, 0.15) is 25.3 Å². The fourth-order valence-electron chi connectivity index (χ4n) is 2.53. The quantitative estimate of drug-likeness (QED) is 0.702. The largest absolute Gasteiger partial charge is 0.504 e. The average Bonchev–Trinajstić information content (AvgIpc) is 2.53. The predicted molar refractivity (Wildman–Crippen MR) is 92.3 cm³/mol. The van der Waals surface area contributed by atoms with Gasteiger partial charge in [-0.05, 0) is 29.1 Å². The number of halogens is 1. The van der Waals surface area contributed by atoms with Crippen molar-refractivity contribution in [2.24, 2.45) is 0 Å². The highest BCUT2D eigenvalue weighted by molar-refractivity contribution is 6.28. The molecule has 2 aromatic carbocycles. The number of aromatic hydroxyl groups is 1. The highest BCUT2D eigenvalue weighted by atomic mass is 35.5. The Morgan fingerprint density at radius 2 is 1.78 bits per heavy atom. The minimum atomic E-state index is 0.0240. The van der Waals surface area contributed by atoms with Crippen LogP contribution in [0.5, 0.6) is 11.5 Å². The summed E-state index contributed by atoms with van der Waals surface area (Å²) >= 11 is 6.05. The number of hydrogen-bond donors (Lipinski definition) is 1. The van der Waals surface area contributed by atoms with Crippen LogP contribution in [-0.2, 0) is 0 Å². The lowest BCUT2D eigenvalue weighted by molar-refractivity contribution is 0.374. The highest BCUT2D eigenvalue weighted by Crippen LogP contribution is 2.35. The Morgan fingerprint density at radius 1 is 1.09 bits per heavy atom. The van der Waals surface area contributed by atoms with Gasteiger partial charge in [-0.3, -0.25) is 0 Å². The standard InChI is InChI=1S/C18H17ClN2O2/c1-10(2)11-4-6-12(7-5-11)17-13-8-16(23-3)15(22)9-14(13)20-18(19)21-17/h4-10,22H,1-3H3. The third-order valence-corrected chi connectivity index (χ3v) is 3.99. The molecule has 0 bridgehead atoms. The third kappa shape index (κ3) is 2.94. The third-order valence-electron chi connectivity index (χ3n) is 3.82. The molecular weight excluding hydrogens is 312 g/mol. The van der Waals surface area contributed by atoms with Crippen molar-refractivity contribution in [2.45, 2.75) is 19.8 Å². The molecule has 0 aliphatic rings. The van der Waals surface area contributed by atoms with E-state index in [1.807, 2.05) is 12.1 Å². The zero-order chi connectivity index (χ0) is 16.6. The Labute approximate surface area is 139 Å². The van der Waals surface area contributed by atoms with Crippen molar-refractivity contribution < 1.29 is 9.84 Å². The average molecular weight is 329 g/mol. The van der Waals surface area contributed by atoms with Crippen molar-refractivity contribution in [1.82, 2.24) is 9.97 Å². The summed E-state index contributed by atoms with van der Waals surface area (Å²) in [5.41, 5.74) is 3.49. The first kappa shape index (κ1) is 15.6. The van der Waals surface area contributed by atoms with E-state index in [4.69, 9.17) is 16.3 Å². The van der Waals surface area contributed by atoms with Crippen molar-refractivity contribution in [3.05, 3.63) is 47.2 Å². The molecule has 118 valence electrons. The minimum Gasteiger partial charge on any atom is -0.504 e. The van der Waals surface area contributed by atoms with Crippen molar-refractivity contribution in [1.29, 1.82) is 0 Å². The molecule has 0 unspecified atom stereocenters. The van der Waals surface area contributed by atoms with E-state index in [-0.39, 0.29) is 11.0 Å². The molecule has 0 spiro atoms. The molecule has 4 nitrogen and oxygen atoms in total. The van der Waals surface area contributed by atoms with Crippen molar-refractivity contribution in [3.63, 3.8) is 0 Å². The maximum Gasteiger partial charge on any atom is 0.223 e. The fourth-order valence-corrected chi connectivity index (χ4v) is 2.70. The number of benzene rings is 2. The summed E-state index contributed by atoms with van der Waals surface area (Å²) in [6.07, 6.45) is 0. The van der Waals surface area contributed by atoms with Gasteiger partial charge in [0.2, 0.25) is 5.28 Å². The van der Waals surface area contributed by atoms with Gasteiger partial charge in [0.05, 0.1) is 18.3 Å². The number of rotatable bonds is 3. The molecular formula is C18H17ClN2O2. The first-order valence-corrected chi connectivity index (χ1v) is 7.72. The van der Waals surface area contributed by atoms with E-state index in [0.29, 0.717) is 22.9 Å². The van der Waals surface area contributed by atoms with Gasteiger partial charge < -0.3 is 9.84 Å². The molecule has 0 aliphatic heterocycles. The van der Waals surface area contributed by atoms with Crippen LogP contribution in [0.25, 0.3) is 22.2 Å². The Kier molecular flexibility index (Phi) is 4.09. The van der Waals surface area contributed by atoms with Crippen molar-refractivity contribution >= 4 is 22.5 Å². The molecule has 0 fully saturated rings. The molecule has 5 heteroatoms. The zero-order valence-corrected chi connectivity index (χ0v) is 13.9. The molecule has 0 atom stereocenters. The topological polar surface area (TPSA) is 55.2 Å². The van der Waals surface area contributed by atoms with Crippen LogP contribution in [0, 0.1) is 0 Å². The number of methoxy groups -OCH3 is 1. The number of aromatic nitrogens is 2. The van der Waals surface area contributed by atoms with Crippen LogP contribution >= 0.6 is 11.6 Å². The van der Waals surface area contributed by atoms with Gasteiger partial charge >= 0.3 is 0 Å². The molecule has 1 N–H and O–H groups in total. The van der Waals surface area contributed by atoms with E-state index >= 15 is 0 Å². The van der Waals surface area contributed by atoms with Crippen molar-refractivity contribution in [2.75, 3.05) is 7.11 Å². The second-order valence-corrected chi connectivity index (χ2v) is 6.00. The smallest absolute Gasteiger partial charge is 0.223 e. The van der Waals surface area contributed by atoms with E-state index in [2.05, 4.69) is 35.9 Å². The number of fused-ring (bicyclic) bond motifs is 1. The number of ether oxygens (including phenoxy) is 1.